The quantitative estimate of drug-likeness (QED) is 0.832. The van der Waals surface area contributed by atoms with Gasteiger partial charge in [-0.2, -0.15) is 0 Å². The van der Waals surface area contributed by atoms with Gasteiger partial charge in [-0.05, 0) is 0 Å². The van der Waals surface area contributed by atoms with E-state index in [9.17, 15) is 17.6 Å². The fraction of sp³-hybridized carbons (Fsp3) is 0.455. The number of rotatable bonds is 4. The summed E-state index contributed by atoms with van der Waals surface area (Å²) < 4.78 is 56.3. The number of benzene rings is 1. The normalized spacial score (nSPS) is 21.4. The molecule has 1 saturated carbocycles. The van der Waals surface area contributed by atoms with E-state index in [4.69, 9.17) is 9.84 Å². The molecule has 1 N–H and O–H groups in total. The van der Waals surface area contributed by atoms with Crippen molar-refractivity contribution in [2.45, 2.75) is 19.0 Å². The predicted octanol–water partition coefficient (Wildman–Crippen LogP) is 2.49. The first-order chi connectivity index (χ1) is 7.94. The summed E-state index contributed by atoms with van der Waals surface area (Å²) in [4.78, 5) is 0. The molecule has 0 radical (unpaired) electrons. The first-order valence-electron chi connectivity index (χ1n) is 5.03. The lowest BCUT2D eigenvalue weighted by atomic mass is 10.2. The van der Waals surface area contributed by atoms with Gasteiger partial charge in [0.15, 0.2) is 0 Å². The van der Waals surface area contributed by atoms with Crippen LogP contribution in [0.3, 0.4) is 0 Å². The number of hydrogen-bond acceptors (Lipinski definition) is 2. The zero-order valence-electron chi connectivity index (χ0n) is 8.72. The Morgan fingerprint density at radius 3 is 2.24 bits per heavy atom. The van der Waals surface area contributed by atoms with E-state index in [1.807, 2.05) is 0 Å². The summed E-state index contributed by atoms with van der Waals surface area (Å²) in [7, 11) is 0. The van der Waals surface area contributed by atoms with Crippen molar-refractivity contribution in [2.75, 3.05) is 6.61 Å². The van der Waals surface area contributed by atoms with Gasteiger partial charge in [-0.25, -0.2) is 17.6 Å². The molecule has 0 bridgehead atoms. The van der Waals surface area contributed by atoms with Crippen LogP contribution in [0.4, 0.5) is 17.6 Å². The maximum absolute atomic E-state index is 13.2. The van der Waals surface area contributed by atoms with Crippen LogP contribution in [0.25, 0.3) is 0 Å². The van der Waals surface area contributed by atoms with Crippen molar-refractivity contribution in [3.8, 4) is 5.75 Å². The van der Waals surface area contributed by atoms with Gasteiger partial charge in [-0.3, -0.25) is 0 Å². The third-order valence-electron chi connectivity index (χ3n) is 2.68. The molecule has 94 valence electrons. The minimum Gasteiger partial charge on any atom is -0.493 e. The van der Waals surface area contributed by atoms with Crippen molar-refractivity contribution >= 4 is 0 Å². The molecule has 0 aliphatic heterocycles. The number of alkyl halides is 2. The zero-order chi connectivity index (χ0) is 12.6. The summed E-state index contributed by atoms with van der Waals surface area (Å²) in [6.45, 7) is -1.04. The summed E-state index contributed by atoms with van der Waals surface area (Å²) in [6.07, 6.45) is -0.257. The summed E-state index contributed by atoms with van der Waals surface area (Å²) >= 11 is 0. The molecule has 0 saturated heterocycles. The Morgan fingerprint density at radius 1 is 1.29 bits per heavy atom. The first-order valence-corrected chi connectivity index (χ1v) is 5.03. The van der Waals surface area contributed by atoms with E-state index >= 15 is 0 Å². The van der Waals surface area contributed by atoms with Crippen molar-refractivity contribution < 1.29 is 27.4 Å². The van der Waals surface area contributed by atoms with Crippen LogP contribution in [0.5, 0.6) is 5.75 Å². The maximum Gasteiger partial charge on any atom is 0.255 e. The molecule has 0 amide bonds. The fourth-order valence-corrected chi connectivity index (χ4v) is 1.46. The molecule has 1 aliphatic rings. The molecule has 1 unspecified atom stereocenters. The molecule has 6 heteroatoms. The van der Waals surface area contributed by atoms with E-state index in [2.05, 4.69) is 0 Å². The van der Waals surface area contributed by atoms with Crippen LogP contribution in [-0.4, -0.2) is 17.6 Å². The van der Waals surface area contributed by atoms with Gasteiger partial charge in [0.25, 0.3) is 5.92 Å². The Hall–Kier alpha value is -1.30. The molecule has 1 aliphatic carbocycles. The average Bonchev–Trinajstić information content (AvgIpc) is 2.83. The van der Waals surface area contributed by atoms with Crippen LogP contribution in [0.15, 0.2) is 12.1 Å². The molecular formula is C11H10F4O2. The van der Waals surface area contributed by atoms with E-state index in [1.54, 1.807) is 0 Å². The third-order valence-corrected chi connectivity index (χ3v) is 2.68. The minimum absolute atomic E-state index is 0.153. The SMILES string of the molecule is OCc1c(F)cc(OCC2CC2(F)F)cc1F. The highest BCUT2D eigenvalue weighted by Crippen LogP contribution is 2.48. The third kappa shape index (κ3) is 2.52. The van der Waals surface area contributed by atoms with E-state index in [0.717, 1.165) is 12.1 Å². The van der Waals surface area contributed by atoms with Crippen LogP contribution in [0, 0.1) is 17.6 Å². The predicted molar refractivity (Wildman–Crippen MR) is 50.8 cm³/mol. The van der Waals surface area contributed by atoms with E-state index in [0.29, 0.717) is 0 Å². The van der Waals surface area contributed by atoms with Gasteiger partial charge in [-0.15, -0.1) is 0 Å². The maximum atomic E-state index is 13.2. The summed E-state index contributed by atoms with van der Waals surface area (Å²) in [5, 5.41) is 8.67. The molecule has 1 atom stereocenters. The van der Waals surface area contributed by atoms with E-state index in [-0.39, 0.29) is 18.8 Å². The summed E-state index contributed by atoms with van der Waals surface area (Å²) in [5.74, 6) is -5.66. The van der Waals surface area contributed by atoms with Gasteiger partial charge in [-0.1, -0.05) is 0 Å². The van der Waals surface area contributed by atoms with Gasteiger partial charge in [0.1, 0.15) is 17.4 Å². The van der Waals surface area contributed by atoms with Gasteiger partial charge in [0, 0.05) is 24.1 Å². The number of halogens is 4. The molecular weight excluding hydrogens is 240 g/mol. The van der Waals surface area contributed by atoms with Crippen molar-refractivity contribution in [3.05, 3.63) is 29.3 Å². The van der Waals surface area contributed by atoms with E-state index < -0.39 is 35.6 Å². The van der Waals surface area contributed by atoms with Gasteiger partial charge in [0.2, 0.25) is 0 Å². The van der Waals surface area contributed by atoms with Crippen molar-refractivity contribution in [3.63, 3.8) is 0 Å². The Labute approximate surface area is 94.8 Å². The molecule has 0 heterocycles. The molecule has 1 fully saturated rings. The number of aliphatic hydroxyl groups excluding tert-OH is 1. The lowest BCUT2D eigenvalue weighted by Gasteiger charge is -2.08. The molecule has 17 heavy (non-hydrogen) atoms. The summed E-state index contributed by atoms with van der Waals surface area (Å²) in [5.41, 5.74) is -0.464. The van der Waals surface area contributed by atoms with Crippen molar-refractivity contribution in [1.29, 1.82) is 0 Å². The lowest BCUT2D eigenvalue weighted by molar-refractivity contribution is 0.0855. The number of hydrogen-bond donors (Lipinski definition) is 1. The minimum atomic E-state index is -2.72. The van der Waals surface area contributed by atoms with E-state index in [1.165, 1.54) is 0 Å². The van der Waals surface area contributed by atoms with Crippen LogP contribution < -0.4 is 4.74 Å². The highest BCUT2D eigenvalue weighted by molar-refractivity contribution is 5.30. The molecule has 1 aromatic carbocycles. The second kappa shape index (κ2) is 4.18. The Bertz CT molecular complexity index is 410. The monoisotopic (exact) mass is 250 g/mol. The Balaban J connectivity index is 2.02. The first kappa shape index (κ1) is 12.2. The van der Waals surface area contributed by atoms with Crippen molar-refractivity contribution in [2.24, 2.45) is 5.92 Å². The smallest absolute Gasteiger partial charge is 0.255 e. The second-order valence-corrected chi connectivity index (χ2v) is 4.00. The molecule has 2 rings (SSSR count). The molecule has 0 aromatic heterocycles. The summed E-state index contributed by atoms with van der Waals surface area (Å²) in [6, 6.07) is 1.74. The topological polar surface area (TPSA) is 29.5 Å². The average molecular weight is 250 g/mol. The highest BCUT2D eigenvalue weighted by Gasteiger charge is 2.57. The number of aliphatic hydroxyl groups is 1. The van der Waals surface area contributed by atoms with Crippen LogP contribution >= 0.6 is 0 Å². The second-order valence-electron chi connectivity index (χ2n) is 4.00. The Kier molecular flexibility index (Phi) is 2.99. The zero-order valence-corrected chi connectivity index (χ0v) is 8.72. The van der Waals surface area contributed by atoms with Crippen LogP contribution in [0.1, 0.15) is 12.0 Å². The van der Waals surface area contributed by atoms with Gasteiger partial charge >= 0.3 is 0 Å². The molecule has 1 aromatic rings. The van der Waals surface area contributed by atoms with Gasteiger partial charge in [0.05, 0.1) is 19.1 Å². The highest BCUT2D eigenvalue weighted by atomic mass is 19.3. The molecule has 0 spiro atoms. The Morgan fingerprint density at radius 2 is 1.82 bits per heavy atom. The van der Waals surface area contributed by atoms with Crippen molar-refractivity contribution in [1.82, 2.24) is 0 Å². The van der Waals surface area contributed by atoms with Crippen LogP contribution in [0.2, 0.25) is 0 Å². The largest absolute Gasteiger partial charge is 0.493 e. The number of ether oxygens (including phenoxy) is 1. The lowest BCUT2D eigenvalue weighted by Crippen LogP contribution is -2.06. The van der Waals surface area contributed by atoms with Gasteiger partial charge < -0.3 is 9.84 Å². The van der Waals surface area contributed by atoms with Crippen LogP contribution in [-0.2, 0) is 6.61 Å². The molecule has 2 nitrogen and oxygen atoms in total. The standard InChI is InChI=1S/C11H10F4O2/c12-9-1-7(2-10(13)8(9)4-16)17-5-6-3-11(6,14)15/h1-2,6,16H,3-5H2. The fourth-order valence-electron chi connectivity index (χ4n) is 1.46.